The van der Waals surface area contributed by atoms with Gasteiger partial charge in [-0.05, 0) is 56.8 Å². The Morgan fingerprint density at radius 1 is 1.11 bits per heavy atom. The Kier molecular flexibility index (Phi) is 7.32. The Morgan fingerprint density at radius 2 is 1.81 bits per heavy atom. The van der Waals surface area contributed by atoms with E-state index in [0.717, 1.165) is 32.4 Å². The Balaban J connectivity index is 1.60. The number of piperidine rings is 2. The van der Waals surface area contributed by atoms with Crippen LogP contribution < -0.4 is 5.32 Å². The predicted molar refractivity (Wildman–Crippen MR) is 110 cm³/mol. The molecular formula is C23H33N3O. The number of amides is 1. The van der Waals surface area contributed by atoms with E-state index in [9.17, 15) is 4.79 Å². The van der Waals surface area contributed by atoms with Crippen LogP contribution in [-0.2, 0) is 17.9 Å². The molecule has 2 saturated heterocycles. The van der Waals surface area contributed by atoms with E-state index >= 15 is 0 Å². The molecule has 27 heavy (non-hydrogen) atoms. The number of likely N-dealkylation sites (tertiary alicyclic amines) is 2. The van der Waals surface area contributed by atoms with Crippen LogP contribution in [0, 0.1) is 12.3 Å². The van der Waals surface area contributed by atoms with Crippen LogP contribution in [0.3, 0.4) is 0 Å². The lowest BCUT2D eigenvalue weighted by Crippen LogP contribution is -2.49. The van der Waals surface area contributed by atoms with E-state index in [1.165, 1.54) is 36.9 Å². The van der Waals surface area contributed by atoms with Crippen molar-refractivity contribution in [1.82, 2.24) is 15.1 Å². The molecule has 2 fully saturated rings. The molecule has 1 amide bonds. The highest BCUT2D eigenvalue weighted by Gasteiger charge is 2.28. The molecule has 2 unspecified atom stereocenters. The second kappa shape index (κ2) is 9.92. The van der Waals surface area contributed by atoms with Gasteiger partial charge in [0.1, 0.15) is 0 Å². The van der Waals surface area contributed by atoms with Crippen LogP contribution in [0.4, 0.5) is 0 Å². The molecule has 0 spiro atoms. The number of hydrogen-bond acceptors (Lipinski definition) is 3. The van der Waals surface area contributed by atoms with Gasteiger partial charge in [-0.15, -0.1) is 6.42 Å². The van der Waals surface area contributed by atoms with Gasteiger partial charge in [-0.1, -0.05) is 43.0 Å². The zero-order valence-corrected chi connectivity index (χ0v) is 16.6. The average molecular weight is 368 g/mol. The Labute approximate surface area is 164 Å². The number of terminal acetylenes is 1. The summed E-state index contributed by atoms with van der Waals surface area (Å²) in [7, 11) is 0. The first-order valence-corrected chi connectivity index (χ1v) is 10.4. The molecule has 1 aromatic rings. The molecule has 0 bridgehead atoms. The van der Waals surface area contributed by atoms with Gasteiger partial charge in [0.25, 0.3) is 0 Å². The summed E-state index contributed by atoms with van der Waals surface area (Å²) in [5.74, 6) is 2.81. The number of nitrogens with one attached hydrogen (secondary N) is 1. The number of hydrogen-bond donors (Lipinski definition) is 1. The summed E-state index contributed by atoms with van der Waals surface area (Å²) in [6.07, 6.45) is 12.5. The molecule has 2 aliphatic rings. The highest BCUT2D eigenvalue weighted by molar-refractivity contribution is 5.81. The van der Waals surface area contributed by atoms with Crippen molar-refractivity contribution < 1.29 is 4.79 Å². The van der Waals surface area contributed by atoms with Crippen molar-refractivity contribution >= 4 is 5.91 Å². The van der Waals surface area contributed by atoms with Gasteiger partial charge >= 0.3 is 0 Å². The molecule has 1 aromatic carbocycles. The van der Waals surface area contributed by atoms with Gasteiger partial charge in [0, 0.05) is 19.1 Å². The average Bonchev–Trinajstić information content (AvgIpc) is 2.69. The Hall–Kier alpha value is -1.83. The van der Waals surface area contributed by atoms with Crippen molar-refractivity contribution in [3.63, 3.8) is 0 Å². The maximum absolute atomic E-state index is 12.8. The van der Waals surface area contributed by atoms with E-state index in [0.29, 0.717) is 19.1 Å². The van der Waals surface area contributed by atoms with Gasteiger partial charge in [-0.2, -0.15) is 0 Å². The van der Waals surface area contributed by atoms with E-state index in [1.54, 1.807) is 0 Å². The number of carbonyl (C=O) groups excluding carboxylic acids is 1. The normalized spacial score (nSPS) is 24.3. The van der Waals surface area contributed by atoms with Crippen LogP contribution in [0.1, 0.15) is 56.6 Å². The molecule has 1 N–H and O–H groups in total. The monoisotopic (exact) mass is 367 g/mol. The Bertz CT molecular complexity index is 666. The fraction of sp³-hybridized carbons (Fsp3) is 0.609. The molecule has 2 atom stereocenters. The van der Waals surface area contributed by atoms with E-state index in [1.807, 2.05) is 0 Å². The molecule has 146 valence electrons. The second-order valence-corrected chi connectivity index (χ2v) is 7.99. The van der Waals surface area contributed by atoms with Crippen molar-refractivity contribution in [2.75, 3.05) is 19.6 Å². The van der Waals surface area contributed by atoms with Crippen molar-refractivity contribution in [3.05, 3.63) is 35.4 Å². The number of rotatable bonds is 6. The van der Waals surface area contributed by atoms with Crippen molar-refractivity contribution in [2.45, 2.75) is 70.6 Å². The fourth-order valence-electron chi connectivity index (χ4n) is 4.39. The molecular weight excluding hydrogens is 334 g/mol. The van der Waals surface area contributed by atoms with E-state index < -0.39 is 0 Å². The predicted octanol–water partition coefficient (Wildman–Crippen LogP) is 3.16. The molecule has 0 radical (unpaired) electrons. The third kappa shape index (κ3) is 5.34. The molecule has 0 saturated carbocycles. The lowest BCUT2D eigenvalue weighted by molar-refractivity contribution is -0.127. The number of benzene rings is 1. The first kappa shape index (κ1) is 19.9. The minimum atomic E-state index is -0.0796. The molecule has 2 heterocycles. The topological polar surface area (TPSA) is 35.6 Å². The fourth-order valence-corrected chi connectivity index (χ4v) is 4.39. The molecule has 3 rings (SSSR count). The lowest BCUT2D eigenvalue weighted by Gasteiger charge is -2.34. The summed E-state index contributed by atoms with van der Waals surface area (Å²) in [6.45, 7) is 6.54. The minimum Gasteiger partial charge on any atom is -0.351 e. The maximum atomic E-state index is 12.8. The van der Waals surface area contributed by atoms with E-state index in [4.69, 9.17) is 6.42 Å². The SMILES string of the molecule is C#CCN1CCCCC1C(=O)NCc1ccccc1CN1CCCCC1C. The zero-order chi connectivity index (χ0) is 19.1. The van der Waals surface area contributed by atoms with E-state index in [-0.39, 0.29) is 11.9 Å². The first-order valence-electron chi connectivity index (χ1n) is 10.4. The van der Waals surface area contributed by atoms with Crippen LogP contribution in [-0.4, -0.2) is 47.4 Å². The lowest BCUT2D eigenvalue weighted by atomic mass is 10.00. The third-order valence-electron chi connectivity index (χ3n) is 6.10. The zero-order valence-electron chi connectivity index (χ0n) is 16.6. The van der Waals surface area contributed by atoms with Gasteiger partial charge in [-0.3, -0.25) is 14.6 Å². The molecule has 2 aliphatic heterocycles. The van der Waals surface area contributed by atoms with E-state index in [2.05, 4.69) is 52.2 Å². The number of nitrogens with zero attached hydrogens (tertiary/aromatic N) is 2. The second-order valence-electron chi connectivity index (χ2n) is 7.99. The van der Waals surface area contributed by atoms with Crippen molar-refractivity contribution in [2.24, 2.45) is 0 Å². The molecule has 0 aliphatic carbocycles. The van der Waals surface area contributed by atoms with Gasteiger partial charge in [0.15, 0.2) is 0 Å². The molecule has 0 aromatic heterocycles. The van der Waals surface area contributed by atoms with Crippen LogP contribution in [0.2, 0.25) is 0 Å². The third-order valence-corrected chi connectivity index (χ3v) is 6.10. The quantitative estimate of drug-likeness (QED) is 0.785. The van der Waals surface area contributed by atoms with Gasteiger partial charge in [0.2, 0.25) is 5.91 Å². The van der Waals surface area contributed by atoms with Gasteiger partial charge in [-0.25, -0.2) is 0 Å². The van der Waals surface area contributed by atoms with Crippen LogP contribution in [0.25, 0.3) is 0 Å². The highest BCUT2D eigenvalue weighted by atomic mass is 16.2. The standard InChI is InChI=1S/C23H33N3O/c1-3-14-25-15-9-7-13-22(25)23(27)24-17-20-11-4-5-12-21(20)18-26-16-8-6-10-19(26)2/h1,4-5,11-12,19,22H,6-10,13-18H2,2H3,(H,24,27). The summed E-state index contributed by atoms with van der Waals surface area (Å²) in [4.78, 5) is 17.5. The summed E-state index contributed by atoms with van der Waals surface area (Å²) < 4.78 is 0. The summed E-state index contributed by atoms with van der Waals surface area (Å²) in [5.41, 5.74) is 2.55. The van der Waals surface area contributed by atoms with Crippen LogP contribution >= 0.6 is 0 Å². The van der Waals surface area contributed by atoms with Gasteiger partial charge in [0.05, 0.1) is 12.6 Å². The smallest absolute Gasteiger partial charge is 0.237 e. The van der Waals surface area contributed by atoms with Crippen LogP contribution in [0.5, 0.6) is 0 Å². The van der Waals surface area contributed by atoms with Crippen molar-refractivity contribution in [1.29, 1.82) is 0 Å². The first-order chi connectivity index (χ1) is 13.2. The maximum Gasteiger partial charge on any atom is 0.237 e. The van der Waals surface area contributed by atoms with Crippen LogP contribution in [0.15, 0.2) is 24.3 Å². The Morgan fingerprint density at radius 3 is 2.56 bits per heavy atom. The summed E-state index contributed by atoms with van der Waals surface area (Å²) in [5, 5.41) is 3.18. The molecule has 4 nitrogen and oxygen atoms in total. The summed E-state index contributed by atoms with van der Waals surface area (Å²) in [6, 6.07) is 9.07. The number of carbonyl (C=O) groups is 1. The minimum absolute atomic E-state index is 0.0796. The largest absolute Gasteiger partial charge is 0.351 e. The van der Waals surface area contributed by atoms with Gasteiger partial charge < -0.3 is 5.32 Å². The van der Waals surface area contributed by atoms with Crippen molar-refractivity contribution in [3.8, 4) is 12.3 Å². The summed E-state index contributed by atoms with van der Waals surface area (Å²) >= 11 is 0. The highest BCUT2D eigenvalue weighted by Crippen LogP contribution is 2.21. The molecule has 4 heteroatoms.